The molecule has 0 saturated carbocycles. The summed E-state index contributed by atoms with van der Waals surface area (Å²) in [5, 5.41) is 11.4. The first-order chi connectivity index (χ1) is 14.5. The summed E-state index contributed by atoms with van der Waals surface area (Å²) < 4.78 is 7.43. The Bertz CT molecular complexity index is 862. The fourth-order valence-corrected chi connectivity index (χ4v) is 3.80. The third-order valence-electron chi connectivity index (χ3n) is 5.48. The van der Waals surface area contributed by atoms with Crippen LogP contribution in [0.25, 0.3) is 0 Å². The Morgan fingerprint density at radius 1 is 1.29 bits per heavy atom. The fourth-order valence-electron chi connectivity index (χ4n) is 3.80. The minimum Gasteiger partial charge on any atom is -0.378 e. The summed E-state index contributed by atoms with van der Waals surface area (Å²) in [6, 6.07) is 4.32. The molecule has 9 heteroatoms. The number of aromatic nitrogens is 3. The zero-order valence-corrected chi connectivity index (χ0v) is 21.6. The van der Waals surface area contributed by atoms with Crippen LogP contribution in [0.1, 0.15) is 36.4 Å². The van der Waals surface area contributed by atoms with Crippen molar-refractivity contribution in [3.8, 4) is 0 Å². The number of aliphatic imine (C=N–C) groups is 1. The standard InChI is InChI=1S/C22H35N7O.HI/c1-6-23-22(26-16(2)14-20-17(3)27-28(5)18(20)4)25-15-19-8-7-9-24-21(19)29-10-12-30-13-11-29;/h7-9,16H,6,10-15H2,1-5H3,(H2,23,25,26);1H. The number of nitrogens with one attached hydrogen (secondary N) is 2. The molecule has 31 heavy (non-hydrogen) atoms. The van der Waals surface area contributed by atoms with Crippen LogP contribution in [0, 0.1) is 13.8 Å². The van der Waals surface area contributed by atoms with E-state index < -0.39 is 0 Å². The lowest BCUT2D eigenvalue weighted by atomic mass is 10.1. The third-order valence-corrected chi connectivity index (χ3v) is 5.48. The normalized spacial score (nSPS) is 15.4. The average Bonchev–Trinajstić information content (AvgIpc) is 2.99. The number of hydrogen-bond donors (Lipinski definition) is 2. The third kappa shape index (κ3) is 6.80. The number of pyridine rings is 1. The maximum atomic E-state index is 5.48. The van der Waals surface area contributed by atoms with E-state index in [0.717, 1.165) is 62.3 Å². The molecule has 0 aliphatic carbocycles. The number of morpholine rings is 1. The number of nitrogens with zero attached hydrogens (tertiary/aromatic N) is 5. The van der Waals surface area contributed by atoms with E-state index in [2.05, 4.69) is 59.4 Å². The van der Waals surface area contributed by atoms with Crippen molar-refractivity contribution < 1.29 is 4.74 Å². The molecular formula is C22H36IN7O. The van der Waals surface area contributed by atoms with E-state index >= 15 is 0 Å². The molecule has 3 rings (SSSR count). The molecule has 1 aliphatic rings. The van der Waals surface area contributed by atoms with Gasteiger partial charge >= 0.3 is 0 Å². The van der Waals surface area contributed by atoms with E-state index in [9.17, 15) is 0 Å². The molecule has 172 valence electrons. The Morgan fingerprint density at radius 3 is 2.68 bits per heavy atom. The van der Waals surface area contributed by atoms with Crippen molar-refractivity contribution in [2.24, 2.45) is 12.0 Å². The van der Waals surface area contributed by atoms with Crippen LogP contribution in [0.5, 0.6) is 0 Å². The van der Waals surface area contributed by atoms with Gasteiger partial charge in [-0.1, -0.05) is 6.07 Å². The Balaban J connectivity index is 0.00000341. The van der Waals surface area contributed by atoms with Crippen molar-refractivity contribution in [2.45, 2.75) is 46.7 Å². The summed E-state index contributed by atoms with van der Waals surface area (Å²) >= 11 is 0. The van der Waals surface area contributed by atoms with Crippen LogP contribution in [0.15, 0.2) is 23.3 Å². The molecule has 0 bridgehead atoms. The molecule has 8 nitrogen and oxygen atoms in total. The number of hydrogen-bond acceptors (Lipinski definition) is 5. The monoisotopic (exact) mass is 541 g/mol. The van der Waals surface area contributed by atoms with E-state index in [1.165, 1.54) is 11.3 Å². The quantitative estimate of drug-likeness (QED) is 0.319. The van der Waals surface area contributed by atoms with Crippen LogP contribution in [-0.2, 0) is 24.8 Å². The SMILES string of the molecule is CCNC(=NCc1cccnc1N1CCOCC1)NC(C)Cc1c(C)nn(C)c1C.I. The fraction of sp³-hybridized carbons (Fsp3) is 0.591. The number of ether oxygens (including phenoxy) is 1. The maximum absolute atomic E-state index is 5.48. The number of aryl methyl sites for hydroxylation is 2. The van der Waals surface area contributed by atoms with Crippen molar-refractivity contribution in [2.75, 3.05) is 37.7 Å². The molecule has 3 heterocycles. The minimum absolute atomic E-state index is 0. The lowest BCUT2D eigenvalue weighted by molar-refractivity contribution is 0.122. The highest BCUT2D eigenvalue weighted by atomic mass is 127. The van der Waals surface area contributed by atoms with Gasteiger partial charge in [-0.05, 0) is 45.7 Å². The zero-order chi connectivity index (χ0) is 21.5. The first-order valence-electron chi connectivity index (χ1n) is 10.8. The van der Waals surface area contributed by atoms with Crippen LogP contribution in [0.3, 0.4) is 0 Å². The molecule has 2 aromatic heterocycles. The highest BCUT2D eigenvalue weighted by Crippen LogP contribution is 2.19. The van der Waals surface area contributed by atoms with Gasteiger partial charge in [-0.25, -0.2) is 9.98 Å². The number of rotatable bonds is 7. The van der Waals surface area contributed by atoms with E-state index in [4.69, 9.17) is 9.73 Å². The van der Waals surface area contributed by atoms with Crippen molar-refractivity contribution in [1.82, 2.24) is 25.4 Å². The summed E-state index contributed by atoms with van der Waals surface area (Å²) in [4.78, 5) is 11.7. The van der Waals surface area contributed by atoms with E-state index in [1.54, 1.807) is 0 Å². The van der Waals surface area contributed by atoms with Gasteiger partial charge in [0, 0.05) is 50.2 Å². The Hall–Kier alpha value is -1.88. The molecule has 0 aromatic carbocycles. The molecular weight excluding hydrogens is 505 g/mol. The molecule has 0 amide bonds. The summed E-state index contributed by atoms with van der Waals surface area (Å²) in [6.07, 6.45) is 2.75. The largest absolute Gasteiger partial charge is 0.378 e. The second-order valence-corrected chi connectivity index (χ2v) is 7.80. The highest BCUT2D eigenvalue weighted by Gasteiger charge is 2.17. The zero-order valence-electron chi connectivity index (χ0n) is 19.3. The van der Waals surface area contributed by atoms with Gasteiger partial charge in [0.25, 0.3) is 0 Å². The molecule has 2 N–H and O–H groups in total. The van der Waals surface area contributed by atoms with Crippen molar-refractivity contribution in [3.63, 3.8) is 0 Å². The molecule has 0 radical (unpaired) electrons. The molecule has 1 unspecified atom stereocenters. The summed E-state index contributed by atoms with van der Waals surface area (Å²) in [7, 11) is 2.00. The van der Waals surface area contributed by atoms with Gasteiger partial charge < -0.3 is 20.3 Å². The molecule has 1 fully saturated rings. The second-order valence-electron chi connectivity index (χ2n) is 7.80. The summed E-state index contributed by atoms with van der Waals surface area (Å²) in [5.74, 6) is 1.83. The van der Waals surface area contributed by atoms with Crippen LogP contribution < -0.4 is 15.5 Å². The summed E-state index contributed by atoms with van der Waals surface area (Å²) in [5.41, 5.74) is 4.74. The van der Waals surface area contributed by atoms with Crippen LogP contribution in [0.4, 0.5) is 5.82 Å². The van der Waals surface area contributed by atoms with E-state index in [-0.39, 0.29) is 30.0 Å². The van der Waals surface area contributed by atoms with Crippen LogP contribution in [-0.4, -0.2) is 59.6 Å². The van der Waals surface area contributed by atoms with Gasteiger partial charge in [0.1, 0.15) is 5.82 Å². The molecule has 1 saturated heterocycles. The van der Waals surface area contributed by atoms with Crippen molar-refractivity contribution >= 4 is 35.8 Å². The lowest BCUT2D eigenvalue weighted by Crippen LogP contribution is -2.43. The second kappa shape index (κ2) is 12.2. The predicted octanol–water partition coefficient (Wildman–Crippen LogP) is 2.57. The molecule has 1 aliphatic heterocycles. The highest BCUT2D eigenvalue weighted by molar-refractivity contribution is 14.0. The van der Waals surface area contributed by atoms with Crippen molar-refractivity contribution in [3.05, 3.63) is 40.8 Å². The molecule has 1 atom stereocenters. The first-order valence-corrected chi connectivity index (χ1v) is 10.8. The van der Waals surface area contributed by atoms with Gasteiger partial charge in [0.05, 0.1) is 25.5 Å². The van der Waals surface area contributed by atoms with Crippen LogP contribution in [0.2, 0.25) is 0 Å². The van der Waals surface area contributed by atoms with Gasteiger partial charge in [0.2, 0.25) is 0 Å². The first kappa shape index (κ1) is 25.4. The minimum atomic E-state index is 0. The smallest absolute Gasteiger partial charge is 0.191 e. The van der Waals surface area contributed by atoms with E-state index in [0.29, 0.717) is 6.54 Å². The number of guanidine groups is 1. The Kier molecular flexibility index (Phi) is 10.0. The van der Waals surface area contributed by atoms with Gasteiger partial charge in [0.15, 0.2) is 5.96 Å². The average molecular weight is 541 g/mol. The molecule has 0 spiro atoms. The number of anilines is 1. The van der Waals surface area contributed by atoms with Crippen LogP contribution >= 0.6 is 24.0 Å². The van der Waals surface area contributed by atoms with Gasteiger partial charge in [-0.3, -0.25) is 4.68 Å². The predicted molar refractivity (Wildman–Crippen MR) is 136 cm³/mol. The molecule has 2 aromatic rings. The van der Waals surface area contributed by atoms with Crippen molar-refractivity contribution in [1.29, 1.82) is 0 Å². The van der Waals surface area contributed by atoms with Gasteiger partial charge in [-0.15, -0.1) is 24.0 Å². The van der Waals surface area contributed by atoms with E-state index in [1.807, 2.05) is 24.0 Å². The Labute approximate surface area is 202 Å². The summed E-state index contributed by atoms with van der Waals surface area (Å²) in [6.45, 7) is 13.1. The number of halogens is 1. The Morgan fingerprint density at radius 2 is 2.03 bits per heavy atom. The maximum Gasteiger partial charge on any atom is 0.191 e. The topological polar surface area (TPSA) is 79.6 Å². The lowest BCUT2D eigenvalue weighted by Gasteiger charge is -2.29. The van der Waals surface area contributed by atoms with Gasteiger partial charge in [-0.2, -0.15) is 5.10 Å².